The van der Waals surface area contributed by atoms with E-state index < -0.39 is 0 Å². The van der Waals surface area contributed by atoms with Gasteiger partial charge in [0.2, 0.25) is 5.91 Å². The van der Waals surface area contributed by atoms with Crippen molar-refractivity contribution in [3.63, 3.8) is 0 Å². The van der Waals surface area contributed by atoms with E-state index in [1.54, 1.807) is 11.7 Å². The highest BCUT2D eigenvalue weighted by Gasteiger charge is 2.31. The normalized spacial score (nSPS) is 15.2. The highest BCUT2D eigenvalue weighted by molar-refractivity contribution is 5.94. The third kappa shape index (κ3) is 4.15. The molecule has 2 amide bonds. The quantitative estimate of drug-likeness (QED) is 0.637. The minimum absolute atomic E-state index is 0.0364. The van der Waals surface area contributed by atoms with Crippen LogP contribution in [0.4, 0.5) is 0 Å². The standard InChI is InChI=1S/C26H26N4O2/c1-5-19-7-9-20(10-8-19)16-29-15-18(3)30-24(26(29)32)14-23(28-30)22-11-6-17(2)12-21(22)13-25(31)27-4/h1,6-12,14,18H,13,15-16H2,2-4H3,(H,27,31). The van der Waals surface area contributed by atoms with E-state index in [-0.39, 0.29) is 24.3 Å². The largest absolute Gasteiger partial charge is 0.359 e. The molecule has 1 unspecified atom stereocenters. The minimum atomic E-state index is -0.0627. The third-order valence-corrected chi connectivity index (χ3v) is 5.80. The smallest absolute Gasteiger partial charge is 0.272 e. The molecule has 0 saturated heterocycles. The maximum atomic E-state index is 13.3. The Balaban J connectivity index is 1.64. The average molecular weight is 427 g/mol. The van der Waals surface area contributed by atoms with E-state index in [1.807, 2.05) is 60.4 Å². The number of aromatic nitrogens is 2. The lowest BCUT2D eigenvalue weighted by molar-refractivity contribution is -0.119. The number of hydrogen-bond acceptors (Lipinski definition) is 3. The maximum absolute atomic E-state index is 13.3. The summed E-state index contributed by atoms with van der Waals surface area (Å²) in [5.41, 5.74) is 5.96. The van der Waals surface area contributed by atoms with Crippen molar-refractivity contribution >= 4 is 11.8 Å². The van der Waals surface area contributed by atoms with E-state index in [9.17, 15) is 9.59 Å². The van der Waals surface area contributed by atoms with E-state index in [1.165, 1.54) is 0 Å². The Hall–Kier alpha value is -3.85. The van der Waals surface area contributed by atoms with Crippen molar-refractivity contribution in [2.45, 2.75) is 32.9 Å². The molecule has 0 spiro atoms. The van der Waals surface area contributed by atoms with Crippen LogP contribution in [0, 0.1) is 19.3 Å². The van der Waals surface area contributed by atoms with Crippen molar-refractivity contribution in [2.24, 2.45) is 0 Å². The van der Waals surface area contributed by atoms with Crippen LogP contribution < -0.4 is 5.32 Å². The monoisotopic (exact) mass is 426 g/mol. The van der Waals surface area contributed by atoms with Gasteiger partial charge < -0.3 is 10.2 Å². The summed E-state index contributed by atoms with van der Waals surface area (Å²) in [5.74, 6) is 2.50. The van der Waals surface area contributed by atoms with Crippen LogP contribution in [-0.2, 0) is 17.8 Å². The van der Waals surface area contributed by atoms with Gasteiger partial charge in [0.1, 0.15) is 5.69 Å². The fourth-order valence-electron chi connectivity index (χ4n) is 4.11. The summed E-state index contributed by atoms with van der Waals surface area (Å²) in [4.78, 5) is 27.1. The van der Waals surface area contributed by atoms with Crippen LogP contribution in [0.2, 0.25) is 0 Å². The van der Waals surface area contributed by atoms with Crippen molar-refractivity contribution in [2.75, 3.05) is 13.6 Å². The molecule has 0 fully saturated rings. The number of carbonyl (C=O) groups excluding carboxylic acids is 2. The molecule has 6 nitrogen and oxygen atoms in total. The molecule has 0 aliphatic carbocycles. The molecular formula is C26H26N4O2. The number of benzene rings is 2. The van der Waals surface area contributed by atoms with Gasteiger partial charge >= 0.3 is 0 Å². The molecule has 0 radical (unpaired) electrons. The van der Waals surface area contributed by atoms with Gasteiger partial charge in [0, 0.05) is 31.3 Å². The molecule has 1 atom stereocenters. The first-order valence-corrected chi connectivity index (χ1v) is 10.6. The summed E-state index contributed by atoms with van der Waals surface area (Å²) < 4.78 is 1.80. The molecule has 162 valence electrons. The topological polar surface area (TPSA) is 67.2 Å². The molecule has 1 aliphatic rings. The maximum Gasteiger partial charge on any atom is 0.272 e. The molecule has 4 rings (SSSR count). The summed E-state index contributed by atoms with van der Waals surface area (Å²) in [5, 5.41) is 7.43. The number of nitrogens with zero attached hydrogens (tertiary/aromatic N) is 3. The number of fused-ring (bicyclic) bond motifs is 1. The van der Waals surface area contributed by atoms with Crippen LogP contribution in [0.15, 0.2) is 48.5 Å². The molecule has 32 heavy (non-hydrogen) atoms. The predicted octanol–water partition coefficient (Wildman–Crippen LogP) is 3.35. The van der Waals surface area contributed by atoms with Crippen molar-refractivity contribution in [3.8, 4) is 23.6 Å². The van der Waals surface area contributed by atoms with Gasteiger partial charge in [0.05, 0.1) is 18.2 Å². The van der Waals surface area contributed by atoms with Gasteiger partial charge in [-0.1, -0.05) is 41.8 Å². The molecular weight excluding hydrogens is 400 g/mol. The van der Waals surface area contributed by atoms with Gasteiger partial charge in [-0.3, -0.25) is 14.3 Å². The Labute approximate surface area is 188 Å². The molecule has 0 saturated carbocycles. The molecule has 6 heteroatoms. The van der Waals surface area contributed by atoms with E-state index >= 15 is 0 Å². The van der Waals surface area contributed by atoms with Crippen LogP contribution in [-0.4, -0.2) is 40.1 Å². The fourth-order valence-corrected chi connectivity index (χ4v) is 4.11. The zero-order valence-corrected chi connectivity index (χ0v) is 18.6. The summed E-state index contributed by atoms with van der Waals surface area (Å²) in [7, 11) is 1.63. The van der Waals surface area contributed by atoms with E-state index in [2.05, 4.69) is 18.2 Å². The fraction of sp³-hybridized carbons (Fsp3) is 0.269. The molecule has 0 bridgehead atoms. The molecule has 1 aliphatic heterocycles. The van der Waals surface area contributed by atoms with Crippen molar-refractivity contribution in [1.82, 2.24) is 20.0 Å². The lowest BCUT2D eigenvalue weighted by atomic mass is 9.99. The van der Waals surface area contributed by atoms with Crippen LogP contribution in [0.1, 0.15) is 45.7 Å². The first-order chi connectivity index (χ1) is 15.4. The van der Waals surface area contributed by atoms with Crippen molar-refractivity contribution in [3.05, 3.63) is 76.5 Å². The van der Waals surface area contributed by atoms with Gasteiger partial charge in [0.25, 0.3) is 5.91 Å². The second-order valence-corrected chi connectivity index (χ2v) is 8.25. The second-order valence-electron chi connectivity index (χ2n) is 8.25. The van der Waals surface area contributed by atoms with Gasteiger partial charge in [-0.05, 0) is 43.2 Å². The number of rotatable bonds is 5. The number of hydrogen-bond donors (Lipinski definition) is 1. The van der Waals surface area contributed by atoms with Gasteiger partial charge in [0.15, 0.2) is 0 Å². The highest BCUT2D eigenvalue weighted by Crippen LogP contribution is 2.30. The lowest BCUT2D eigenvalue weighted by Crippen LogP contribution is -2.41. The number of likely N-dealkylation sites (N-methyl/N-ethyl adjacent to an activating group) is 1. The van der Waals surface area contributed by atoms with Gasteiger partial charge in [-0.2, -0.15) is 5.10 Å². The van der Waals surface area contributed by atoms with E-state index in [4.69, 9.17) is 11.5 Å². The first-order valence-electron chi connectivity index (χ1n) is 10.6. The van der Waals surface area contributed by atoms with Gasteiger partial charge in [-0.15, -0.1) is 6.42 Å². The Morgan fingerprint density at radius 1 is 1.22 bits per heavy atom. The summed E-state index contributed by atoms with van der Waals surface area (Å²) >= 11 is 0. The number of amides is 2. The van der Waals surface area contributed by atoms with Crippen molar-refractivity contribution in [1.29, 1.82) is 0 Å². The number of carbonyl (C=O) groups is 2. The van der Waals surface area contributed by atoms with Gasteiger partial charge in [-0.25, -0.2) is 0 Å². The van der Waals surface area contributed by atoms with Crippen LogP contribution in [0.25, 0.3) is 11.3 Å². The summed E-state index contributed by atoms with van der Waals surface area (Å²) in [6.07, 6.45) is 5.70. The summed E-state index contributed by atoms with van der Waals surface area (Å²) in [6.45, 7) is 5.14. The average Bonchev–Trinajstić information content (AvgIpc) is 3.24. The van der Waals surface area contributed by atoms with Crippen LogP contribution in [0.5, 0.6) is 0 Å². The first kappa shape index (κ1) is 21.4. The Morgan fingerprint density at radius 3 is 2.66 bits per heavy atom. The van der Waals surface area contributed by atoms with E-state index in [0.29, 0.717) is 24.5 Å². The minimum Gasteiger partial charge on any atom is -0.359 e. The third-order valence-electron chi connectivity index (χ3n) is 5.80. The Morgan fingerprint density at radius 2 is 1.97 bits per heavy atom. The molecule has 1 aromatic heterocycles. The second kappa shape index (κ2) is 8.72. The molecule has 2 aromatic carbocycles. The van der Waals surface area contributed by atoms with Crippen LogP contribution >= 0.6 is 0 Å². The SMILES string of the molecule is C#Cc1ccc(CN2CC(C)n3nc(-c4ccc(C)cc4CC(=O)NC)cc3C2=O)cc1. The number of terminal acetylenes is 1. The number of aryl methyl sites for hydroxylation is 1. The zero-order valence-electron chi connectivity index (χ0n) is 18.6. The summed E-state index contributed by atoms with van der Waals surface area (Å²) in [6, 6.07) is 15.5. The van der Waals surface area contributed by atoms with Crippen LogP contribution in [0.3, 0.4) is 0 Å². The number of nitrogens with one attached hydrogen (secondary N) is 1. The molecule has 1 N–H and O–H groups in total. The van der Waals surface area contributed by atoms with E-state index in [0.717, 1.165) is 27.8 Å². The molecule has 3 aromatic rings. The Bertz CT molecular complexity index is 1220. The van der Waals surface area contributed by atoms with Crippen molar-refractivity contribution < 1.29 is 9.59 Å². The zero-order chi connectivity index (χ0) is 22.8. The highest BCUT2D eigenvalue weighted by atomic mass is 16.2. The predicted molar refractivity (Wildman–Crippen MR) is 124 cm³/mol. The Kier molecular flexibility index (Phi) is 5.83. The molecule has 2 heterocycles. The lowest BCUT2D eigenvalue weighted by Gasteiger charge is -2.31.